The number of aryl methyl sites for hydroxylation is 1. The average molecular weight is 549 g/mol. The third-order valence-corrected chi connectivity index (χ3v) is 9.37. The molecule has 0 unspecified atom stereocenters. The van der Waals surface area contributed by atoms with Crippen molar-refractivity contribution in [3.05, 3.63) is 71.8 Å². The van der Waals surface area contributed by atoms with Crippen LogP contribution in [0, 0.1) is 6.92 Å². The number of rotatable bonds is 7. The molecule has 39 heavy (non-hydrogen) atoms. The van der Waals surface area contributed by atoms with E-state index in [4.69, 9.17) is 0 Å². The van der Waals surface area contributed by atoms with Gasteiger partial charge in [0.15, 0.2) is 0 Å². The van der Waals surface area contributed by atoms with E-state index in [1.54, 1.807) is 30.3 Å². The minimum atomic E-state index is -3.83. The van der Waals surface area contributed by atoms with Crippen molar-refractivity contribution in [1.29, 1.82) is 0 Å². The van der Waals surface area contributed by atoms with Gasteiger partial charge >= 0.3 is 0 Å². The fourth-order valence-corrected chi connectivity index (χ4v) is 7.09. The highest BCUT2D eigenvalue weighted by Gasteiger charge is 2.29. The Hall–Kier alpha value is -3.27. The minimum absolute atomic E-state index is 0.132. The normalized spacial score (nSPS) is 17.3. The Labute approximate surface area is 230 Å². The van der Waals surface area contributed by atoms with Crippen LogP contribution < -0.4 is 10.0 Å². The SMILES string of the molecule is Cc1ccccc1C(=O)Nc1ccc(S(=O)(=O)NC2CCN(C(=O)CN3CCCCC3)CC2)c2ccccc12. The molecule has 2 aliphatic rings. The molecule has 2 saturated heterocycles. The molecule has 0 aromatic heterocycles. The monoisotopic (exact) mass is 548 g/mol. The first-order valence-electron chi connectivity index (χ1n) is 13.7. The van der Waals surface area contributed by atoms with Crippen molar-refractivity contribution in [2.75, 3.05) is 38.0 Å². The fraction of sp³-hybridized carbons (Fsp3) is 0.400. The quantitative estimate of drug-likeness (QED) is 0.462. The van der Waals surface area contributed by atoms with Crippen molar-refractivity contribution in [2.45, 2.75) is 50.0 Å². The molecule has 0 spiro atoms. The molecule has 2 aliphatic heterocycles. The van der Waals surface area contributed by atoms with E-state index in [0.29, 0.717) is 54.5 Å². The maximum absolute atomic E-state index is 13.5. The van der Waals surface area contributed by atoms with Crippen molar-refractivity contribution >= 4 is 38.3 Å². The number of fused-ring (bicyclic) bond motifs is 1. The topological polar surface area (TPSA) is 98.8 Å². The second-order valence-corrected chi connectivity index (χ2v) is 12.2. The summed E-state index contributed by atoms with van der Waals surface area (Å²) < 4.78 is 29.9. The second kappa shape index (κ2) is 11.9. The lowest BCUT2D eigenvalue weighted by Gasteiger charge is -2.34. The molecule has 2 amide bonds. The Morgan fingerprint density at radius 2 is 1.51 bits per heavy atom. The van der Waals surface area contributed by atoms with Crippen molar-refractivity contribution < 1.29 is 18.0 Å². The van der Waals surface area contributed by atoms with Gasteiger partial charge in [0.1, 0.15) is 0 Å². The maximum atomic E-state index is 13.5. The zero-order valence-corrected chi connectivity index (χ0v) is 23.2. The second-order valence-electron chi connectivity index (χ2n) is 10.5. The van der Waals surface area contributed by atoms with Crippen LogP contribution in [0.2, 0.25) is 0 Å². The highest BCUT2D eigenvalue weighted by atomic mass is 32.2. The highest BCUT2D eigenvalue weighted by Crippen LogP contribution is 2.30. The van der Waals surface area contributed by atoms with Gasteiger partial charge in [0.05, 0.1) is 11.4 Å². The van der Waals surface area contributed by atoms with Crippen LogP contribution in [0.5, 0.6) is 0 Å². The molecule has 2 N–H and O–H groups in total. The smallest absolute Gasteiger partial charge is 0.255 e. The Kier molecular flexibility index (Phi) is 8.30. The van der Waals surface area contributed by atoms with Gasteiger partial charge in [-0.15, -0.1) is 0 Å². The van der Waals surface area contributed by atoms with Crippen LogP contribution in [0.25, 0.3) is 10.8 Å². The van der Waals surface area contributed by atoms with Gasteiger partial charge in [-0.1, -0.05) is 48.9 Å². The molecular weight excluding hydrogens is 512 g/mol. The summed E-state index contributed by atoms with van der Waals surface area (Å²) >= 11 is 0. The fourth-order valence-electron chi connectivity index (χ4n) is 5.57. The average Bonchev–Trinajstić information content (AvgIpc) is 2.94. The molecule has 0 aliphatic carbocycles. The number of carbonyl (C=O) groups is 2. The molecule has 3 aromatic rings. The lowest BCUT2D eigenvalue weighted by atomic mass is 10.1. The number of likely N-dealkylation sites (tertiary alicyclic amines) is 2. The van der Waals surface area contributed by atoms with Gasteiger partial charge in [0.2, 0.25) is 15.9 Å². The Morgan fingerprint density at radius 1 is 0.846 bits per heavy atom. The van der Waals surface area contributed by atoms with Gasteiger partial charge < -0.3 is 10.2 Å². The van der Waals surface area contributed by atoms with Crippen molar-refractivity contribution in [2.24, 2.45) is 0 Å². The van der Waals surface area contributed by atoms with Crippen LogP contribution >= 0.6 is 0 Å². The summed E-state index contributed by atoms with van der Waals surface area (Å²) in [5.74, 6) is -0.110. The largest absolute Gasteiger partial charge is 0.341 e. The first-order valence-corrected chi connectivity index (χ1v) is 15.2. The van der Waals surface area contributed by atoms with E-state index < -0.39 is 10.0 Å². The van der Waals surface area contributed by atoms with Gasteiger partial charge in [-0.3, -0.25) is 14.5 Å². The van der Waals surface area contributed by atoms with E-state index >= 15 is 0 Å². The molecule has 8 nitrogen and oxygen atoms in total. The number of benzene rings is 3. The predicted octanol–water partition coefficient (Wildman–Crippen LogP) is 4.16. The summed E-state index contributed by atoms with van der Waals surface area (Å²) in [5, 5.41) is 4.15. The first-order chi connectivity index (χ1) is 18.8. The predicted molar refractivity (Wildman–Crippen MR) is 153 cm³/mol. The van der Waals surface area contributed by atoms with Crippen LogP contribution in [0.4, 0.5) is 5.69 Å². The first kappa shape index (κ1) is 27.3. The van der Waals surface area contributed by atoms with E-state index in [1.807, 2.05) is 42.2 Å². The van der Waals surface area contributed by atoms with Gasteiger partial charge in [-0.25, -0.2) is 13.1 Å². The molecular formula is C30H36N4O4S. The van der Waals surface area contributed by atoms with E-state index in [1.165, 1.54) is 6.42 Å². The number of sulfonamides is 1. The third-order valence-electron chi connectivity index (χ3n) is 7.79. The number of piperidine rings is 2. The lowest BCUT2D eigenvalue weighted by Crippen LogP contribution is -2.49. The molecule has 206 valence electrons. The summed E-state index contributed by atoms with van der Waals surface area (Å²) in [4.78, 5) is 30.0. The number of carbonyl (C=O) groups excluding carboxylic acids is 2. The van der Waals surface area contributed by atoms with Crippen molar-refractivity contribution in [3.63, 3.8) is 0 Å². The Morgan fingerprint density at radius 3 is 2.23 bits per heavy atom. The van der Waals surface area contributed by atoms with E-state index in [-0.39, 0.29) is 22.8 Å². The van der Waals surface area contributed by atoms with Gasteiger partial charge in [-0.05, 0) is 69.5 Å². The number of anilines is 1. The Bertz CT molecular complexity index is 1460. The molecule has 0 bridgehead atoms. The third kappa shape index (κ3) is 6.32. The van der Waals surface area contributed by atoms with E-state index in [2.05, 4.69) is 14.9 Å². The zero-order valence-electron chi connectivity index (χ0n) is 22.4. The van der Waals surface area contributed by atoms with E-state index in [9.17, 15) is 18.0 Å². The molecule has 5 rings (SSSR count). The van der Waals surface area contributed by atoms with Crippen molar-refractivity contribution in [3.8, 4) is 0 Å². The minimum Gasteiger partial charge on any atom is -0.341 e. The molecule has 9 heteroatoms. The molecule has 0 radical (unpaired) electrons. The van der Waals surface area contributed by atoms with Crippen LogP contribution in [0.1, 0.15) is 48.0 Å². The number of amides is 2. The van der Waals surface area contributed by atoms with Crippen LogP contribution in [-0.4, -0.2) is 68.8 Å². The maximum Gasteiger partial charge on any atom is 0.255 e. The number of nitrogens with one attached hydrogen (secondary N) is 2. The van der Waals surface area contributed by atoms with Gasteiger partial charge in [0.25, 0.3) is 5.91 Å². The standard InChI is InChI=1S/C30H36N4O4S/c1-22-9-3-4-10-24(22)30(36)31-27-13-14-28(26-12-6-5-11-25(26)27)39(37,38)32-23-15-19-34(20-16-23)29(35)21-33-17-7-2-8-18-33/h3-6,9-14,23,32H,2,7-8,15-21H2,1H3,(H,31,36). The van der Waals surface area contributed by atoms with Gasteiger partial charge in [-0.2, -0.15) is 0 Å². The number of hydrogen-bond donors (Lipinski definition) is 2. The summed E-state index contributed by atoms with van der Waals surface area (Å²) in [6, 6.07) is 17.5. The lowest BCUT2D eigenvalue weighted by molar-refractivity contribution is -0.133. The summed E-state index contributed by atoms with van der Waals surface area (Å²) in [6.45, 7) is 5.38. The number of hydrogen-bond acceptors (Lipinski definition) is 5. The molecule has 2 fully saturated rings. The van der Waals surface area contributed by atoms with Crippen LogP contribution in [-0.2, 0) is 14.8 Å². The summed E-state index contributed by atoms with van der Waals surface area (Å²) in [7, 11) is -3.83. The molecule has 0 saturated carbocycles. The van der Waals surface area contributed by atoms with Crippen LogP contribution in [0.3, 0.4) is 0 Å². The number of nitrogens with zero attached hydrogens (tertiary/aromatic N) is 2. The molecule has 3 aromatic carbocycles. The highest BCUT2D eigenvalue weighted by molar-refractivity contribution is 7.89. The zero-order chi connectivity index (χ0) is 27.4. The van der Waals surface area contributed by atoms with Gasteiger partial charge in [0, 0.05) is 41.2 Å². The van der Waals surface area contributed by atoms with Crippen molar-refractivity contribution in [1.82, 2.24) is 14.5 Å². The molecule has 0 atom stereocenters. The summed E-state index contributed by atoms with van der Waals surface area (Å²) in [5.41, 5.74) is 1.99. The van der Waals surface area contributed by atoms with Crippen LogP contribution in [0.15, 0.2) is 65.6 Å². The Balaban J connectivity index is 1.26. The molecule has 2 heterocycles. The summed E-state index contributed by atoms with van der Waals surface area (Å²) in [6.07, 6.45) is 4.68. The van der Waals surface area contributed by atoms with E-state index in [0.717, 1.165) is 31.5 Å².